The maximum absolute atomic E-state index is 2.53. The number of rotatable bonds is 8. The van der Waals surface area contributed by atoms with Crippen molar-refractivity contribution < 1.29 is 25.8 Å². The first-order chi connectivity index (χ1) is 26.3. The number of hydrogen-bond acceptors (Lipinski definition) is 0. The largest absolute Gasteiger partial charge is 4.00 e. The summed E-state index contributed by atoms with van der Waals surface area (Å²) in [6, 6.07) is 60.2. The van der Waals surface area contributed by atoms with Crippen molar-refractivity contribution in [1.82, 2.24) is 0 Å². The predicted octanol–water partition coefficient (Wildman–Crippen LogP) is 15.6. The van der Waals surface area contributed by atoms with Gasteiger partial charge >= 0.3 is 25.8 Å². The molecule has 292 valence electrons. The maximum atomic E-state index is 2.53. The molecule has 0 aromatic heterocycles. The zero-order valence-electron chi connectivity index (χ0n) is 36.4. The number of hydrogen-bond donors (Lipinski definition) is 0. The van der Waals surface area contributed by atoms with Crippen LogP contribution in [-0.4, -0.2) is 0 Å². The number of benzene rings is 6. The van der Waals surface area contributed by atoms with Crippen LogP contribution in [0.25, 0.3) is 43.8 Å². The van der Waals surface area contributed by atoms with Crippen LogP contribution in [0.2, 0.25) is 0 Å². The Labute approximate surface area is 368 Å². The van der Waals surface area contributed by atoms with Crippen LogP contribution in [0.4, 0.5) is 0 Å². The van der Waals surface area contributed by atoms with Gasteiger partial charge in [0.15, 0.2) is 0 Å². The molecule has 0 fully saturated rings. The standard InChI is InChI=1S/C55H54.2CH3.Hf/c1-37-29-43(53(3,4)5)25-27-47(37)49-23-15-21-41-31-45(33-51(41)49)55(35-39-17-11-9-12-18-39,36-40-19-13-10-14-20-40)46-32-42-22-16-24-50(52(42)34-46)48-28-26-44(30-38(48)2)54(6,7)8;;;/h9-34H,35-36H2,1-8H3;2*1H3;/q-2;2*-1;+4. The number of fused-ring (bicyclic) bond motifs is 2. The minimum absolute atomic E-state index is 0. The Hall–Kier alpha value is -4.59. The molecule has 1 heteroatoms. The molecule has 0 bridgehead atoms. The van der Waals surface area contributed by atoms with Crippen molar-refractivity contribution in [2.75, 3.05) is 0 Å². The van der Waals surface area contributed by atoms with Gasteiger partial charge in [0.25, 0.3) is 0 Å². The Balaban J connectivity index is 0.00000214. The van der Waals surface area contributed by atoms with Crippen LogP contribution in [0.1, 0.15) is 86.1 Å². The minimum atomic E-state index is -0.328. The van der Waals surface area contributed by atoms with E-state index < -0.39 is 0 Å². The average Bonchev–Trinajstić information content (AvgIpc) is 3.81. The molecule has 0 saturated heterocycles. The fourth-order valence-corrected chi connectivity index (χ4v) is 8.88. The second-order valence-corrected chi connectivity index (χ2v) is 18.1. The van der Waals surface area contributed by atoms with Crippen LogP contribution in [0, 0.1) is 28.7 Å². The quantitative estimate of drug-likeness (QED) is 0.105. The van der Waals surface area contributed by atoms with Crippen molar-refractivity contribution in [3.8, 4) is 22.3 Å². The molecule has 8 aromatic rings. The smallest absolute Gasteiger partial charge is 0.358 e. The fourth-order valence-electron chi connectivity index (χ4n) is 8.88. The summed E-state index contributed by atoms with van der Waals surface area (Å²) in [7, 11) is 0. The molecule has 8 rings (SSSR count). The first-order valence-electron chi connectivity index (χ1n) is 20.0. The predicted molar refractivity (Wildman–Crippen MR) is 251 cm³/mol. The Morgan fingerprint density at radius 2 is 0.793 bits per heavy atom. The van der Waals surface area contributed by atoms with Crippen molar-refractivity contribution in [2.45, 2.75) is 84.5 Å². The fraction of sp³-hybridized carbons (Fsp3) is 0.228. The van der Waals surface area contributed by atoms with Crippen LogP contribution in [0.5, 0.6) is 0 Å². The van der Waals surface area contributed by atoms with Gasteiger partial charge in [0.1, 0.15) is 0 Å². The van der Waals surface area contributed by atoms with Crippen LogP contribution >= 0.6 is 0 Å². The van der Waals surface area contributed by atoms with E-state index in [-0.39, 0.29) is 56.9 Å². The molecule has 0 aliphatic heterocycles. The molecule has 0 amide bonds. The van der Waals surface area contributed by atoms with E-state index in [9.17, 15) is 0 Å². The van der Waals surface area contributed by atoms with E-state index >= 15 is 0 Å². The average molecular weight is 924 g/mol. The summed E-state index contributed by atoms with van der Waals surface area (Å²) >= 11 is 0. The normalized spacial score (nSPS) is 11.9. The van der Waals surface area contributed by atoms with Crippen molar-refractivity contribution in [3.63, 3.8) is 0 Å². The van der Waals surface area contributed by atoms with Gasteiger partial charge in [0.05, 0.1) is 0 Å². The Morgan fingerprint density at radius 1 is 0.414 bits per heavy atom. The zero-order chi connectivity index (χ0) is 38.5. The molecular formula is C57H60Hf. The van der Waals surface area contributed by atoms with Crippen molar-refractivity contribution >= 4 is 21.5 Å². The monoisotopic (exact) mass is 924 g/mol. The van der Waals surface area contributed by atoms with Crippen LogP contribution < -0.4 is 0 Å². The van der Waals surface area contributed by atoms with E-state index in [1.165, 1.54) is 88.3 Å². The summed E-state index contributed by atoms with van der Waals surface area (Å²) in [6.07, 6.45) is 1.78. The summed E-state index contributed by atoms with van der Waals surface area (Å²) < 4.78 is 0. The van der Waals surface area contributed by atoms with Crippen LogP contribution in [0.15, 0.2) is 158 Å². The summed E-state index contributed by atoms with van der Waals surface area (Å²) in [4.78, 5) is 0. The first kappa shape index (κ1) is 44.5. The van der Waals surface area contributed by atoms with Gasteiger partial charge in [-0.3, -0.25) is 0 Å². The van der Waals surface area contributed by atoms with Gasteiger partial charge in [-0.1, -0.05) is 162 Å². The summed E-state index contributed by atoms with van der Waals surface area (Å²) in [6.45, 7) is 18.3. The second kappa shape index (κ2) is 17.3. The molecule has 0 nitrogen and oxygen atoms in total. The molecule has 0 spiro atoms. The van der Waals surface area contributed by atoms with Gasteiger partial charge in [-0.25, -0.2) is 0 Å². The van der Waals surface area contributed by atoms with Crippen LogP contribution in [0.3, 0.4) is 0 Å². The second-order valence-electron chi connectivity index (χ2n) is 18.1. The van der Waals surface area contributed by atoms with E-state index in [1.54, 1.807) is 0 Å². The Morgan fingerprint density at radius 3 is 1.14 bits per heavy atom. The van der Waals surface area contributed by atoms with E-state index in [2.05, 4.69) is 213 Å². The van der Waals surface area contributed by atoms with Gasteiger partial charge < -0.3 is 14.9 Å². The van der Waals surface area contributed by atoms with Crippen molar-refractivity contribution in [1.29, 1.82) is 0 Å². The zero-order valence-corrected chi connectivity index (χ0v) is 40.0. The van der Waals surface area contributed by atoms with Crippen molar-refractivity contribution in [3.05, 3.63) is 217 Å². The number of aryl methyl sites for hydroxylation is 2. The molecule has 0 radical (unpaired) electrons. The maximum Gasteiger partial charge on any atom is 4.00 e. The molecular weight excluding hydrogens is 863 g/mol. The SMILES string of the molecule is Cc1cc(C(C)(C)C)ccc1-c1cccc2[cH-]c(C(Cc3ccccc3)(Cc3ccccc3)c3cc4c(-c5ccc(C(C)(C)C)cc5C)cccc4[cH-]3)cc12.[CH3-].[CH3-].[Hf+4]. The third-order valence-corrected chi connectivity index (χ3v) is 12.1. The first-order valence-corrected chi connectivity index (χ1v) is 20.0. The third-order valence-electron chi connectivity index (χ3n) is 12.1. The molecule has 0 heterocycles. The van der Waals surface area contributed by atoms with Crippen molar-refractivity contribution in [2.24, 2.45) is 0 Å². The van der Waals surface area contributed by atoms with Gasteiger partial charge in [0, 0.05) is 0 Å². The summed E-state index contributed by atoms with van der Waals surface area (Å²) in [5, 5.41) is 5.23. The Kier molecular flexibility index (Phi) is 13.3. The van der Waals surface area contributed by atoms with Gasteiger partial charge in [-0.15, -0.1) is 69.1 Å². The molecule has 8 aromatic carbocycles. The molecule has 0 aliphatic carbocycles. The molecule has 58 heavy (non-hydrogen) atoms. The molecule has 0 aliphatic rings. The van der Waals surface area contributed by atoms with E-state index in [4.69, 9.17) is 0 Å². The Bertz CT molecular complexity index is 2430. The summed E-state index contributed by atoms with van der Waals surface area (Å²) in [5.41, 5.74) is 15.9. The summed E-state index contributed by atoms with van der Waals surface area (Å²) in [5.74, 6) is 0. The minimum Gasteiger partial charge on any atom is -0.358 e. The van der Waals surface area contributed by atoms with Gasteiger partial charge in [-0.2, -0.15) is 12.1 Å². The topological polar surface area (TPSA) is 0 Å². The van der Waals surface area contributed by atoms with E-state index in [1.807, 2.05) is 0 Å². The van der Waals surface area contributed by atoms with Crippen LogP contribution in [-0.2, 0) is 54.9 Å². The van der Waals surface area contributed by atoms with E-state index in [0.717, 1.165) is 12.8 Å². The van der Waals surface area contributed by atoms with Gasteiger partial charge in [0.2, 0.25) is 0 Å². The molecule has 0 N–H and O–H groups in total. The third kappa shape index (κ3) is 8.58. The van der Waals surface area contributed by atoms with E-state index in [0.29, 0.717) is 0 Å². The molecule has 0 unspecified atom stereocenters. The molecule has 0 saturated carbocycles. The molecule has 0 atom stereocenters. The van der Waals surface area contributed by atoms with Gasteiger partial charge in [-0.05, 0) is 87.4 Å².